The topological polar surface area (TPSA) is 91.6 Å². The molecule has 6 nitrogen and oxygen atoms in total. The summed E-state index contributed by atoms with van der Waals surface area (Å²) in [5, 5.41) is 23.0. The van der Waals surface area contributed by atoms with E-state index in [-0.39, 0.29) is 17.4 Å². The number of thioether (sulfide) groups is 1. The smallest absolute Gasteiger partial charge is 0.210 e. The van der Waals surface area contributed by atoms with Crippen LogP contribution in [0.1, 0.15) is 16.6 Å². The summed E-state index contributed by atoms with van der Waals surface area (Å²) in [5.41, 5.74) is 1.36. The van der Waals surface area contributed by atoms with Crippen LogP contribution in [-0.4, -0.2) is 26.7 Å². The van der Waals surface area contributed by atoms with E-state index >= 15 is 0 Å². The average Bonchev–Trinajstić information content (AvgIpc) is 3.23. The Kier molecular flexibility index (Phi) is 5.92. The van der Waals surface area contributed by atoms with Crippen LogP contribution < -0.4 is 5.32 Å². The van der Waals surface area contributed by atoms with Gasteiger partial charge in [-0.2, -0.15) is 5.26 Å². The van der Waals surface area contributed by atoms with E-state index in [0.29, 0.717) is 20.2 Å². The molecule has 10 heteroatoms. The number of ketones is 1. The highest BCUT2D eigenvalue weighted by Crippen LogP contribution is 2.29. The molecule has 3 aromatic rings. The van der Waals surface area contributed by atoms with Gasteiger partial charge in [-0.15, -0.1) is 21.5 Å². The van der Waals surface area contributed by atoms with E-state index in [9.17, 15) is 14.4 Å². The SMILES string of the molecule is Cc1csc([C@@H](C#N)C(=O)CSc2nnc(Nc3cccc(F)c3)s2)n1. The van der Waals surface area contributed by atoms with Crippen molar-refractivity contribution in [2.24, 2.45) is 0 Å². The van der Waals surface area contributed by atoms with E-state index in [1.807, 2.05) is 18.4 Å². The lowest BCUT2D eigenvalue weighted by molar-refractivity contribution is -0.116. The lowest BCUT2D eigenvalue weighted by Gasteiger charge is -2.03. The molecule has 0 spiro atoms. The first-order chi connectivity index (χ1) is 12.5. The third-order valence-electron chi connectivity index (χ3n) is 3.16. The number of carbonyl (C=O) groups excluding carboxylic acids is 1. The molecule has 0 bridgehead atoms. The number of hydrogen-bond donors (Lipinski definition) is 1. The second kappa shape index (κ2) is 8.35. The standard InChI is InChI=1S/C16H12FN5OS3/c1-9-7-24-14(19-9)12(6-18)13(23)8-25-16-22-21-15(26-16)20-11-4-2-3-10(17)5-11/h2-5,7,12H,8H2,1H3,(H,20,21)/t12-/m0/s1. The van der Waals surface area contributed by atoms with Crippen LogP contribution in [0.25, 0.3) is 0 Å². The summed E-state index contributed by atoms with van der Waals surface area (Å²) in [4.78, 5) is 16.5. The number of rotatable bonds is 7. The third-order valence-corrected chi connectivity index (χ3v) is 6.18. The van der Waals surface area contributed by atoms with Crippen molar-refractivity contribution in [3.05, 3.63) is 46.2 Å². The van der Waals surface area contributed by atoms with Crippen molar-refractivity contribution in [2.75, 3.05) is 11.1 Å². The van der Waals surface area contributed by atoms with Crippen molar-refractivity contribution >= 4 is 51.0 Å². The number of thiazole rings is 1. The van der Waals surface area contributed by atoms with Crippen molar-refractivity contribution in [3.8, 4) is 6.07 Å². The Morgan fingerprint density at radius 2 is 2.31 bits per heavy atom. The number of Topliss-reactive ketones (excluding diaryl/α,β-unsaturated/α-hetero) is 1. The predicted octanol–water partition coefficient (Wildman–Crippen LogP) is 4.15. The van der Waals surface area contributed by atoms with Crippen LogP contribution in [-0.2, 0) is 4.79 Å². The first kappa shape index (κ1) is 18.4. The van der Waals surface area contributed by atoms with Gasteiger partial charge in [0.2, 0.25) is 5.13 Å². The molecule has 26 heavy (non-hydrogen) atoms. The number of nitriles is 1. The van der Waals surface area contributed by atoms with Crippen LogP contribution in [0.2, 0.25) is 0 Å². The molecule has 132 valence electrons. The van der Waals surface area contributed by atoms with Gasteiger partial charge in [-0.05, 0) is 25.1 Å². The average molecular weight is 406 g/mol. The molecule has 1 atom stereocenters. The van der Waals surface area contributed by atoms with Crippen molar-refractivity contribution in [1.29, 1.82) is 5.26 Å². The molecular weight excluding hydrogens is 393 g/mol. The molecule has 2 heterocycles. The van der Waals surface area contributed by atoms with Crippen LogP contribution in [0.3, 0.4) is 0 Å². The minimum Gasteiger partial charge on any atom is -0.330 e. The fourth-order valence-electron chi connectivity index (χ4n) is 1.99. The molecule has 0 fully saturated rings. The molecule has 1 N–H and O–H groups in total. The lowest BCUT2D eigenvalue weighted by atomic mass is 10.1. The Morgan fingerprint density at radius 3 is 3.00 bits per heavy atom. The fraction of sp³-hybridized carbons (Fsp3) is 0.188. The second-order valence-corrected chi connectivity index (χ2v) is 8.24. The molecule has 2 aromatic heterocycles. The van der Waals surface area contributed by atoms with Crippen LogP contribution in [0, 0.1) is 24.1 Å². The monoisotopic (exact) mass is 405 g/mol. The zero-order valence-corrected chi connectivity index (χ0v) is 15.9. The van der Waals surface area contributed by atoms with Crippen molar-refractivity contribution < 1.29 is 9.18 Å². The van der Waals surface area contributed by atoms with Gasteiger partial charge in [0.05, 0.1) is 11.8 Å². The summed E-state index contributed by atoms with van der Waals surface area (Å²) in [7, 11) is 0. The van der Waals surface area contributed by atoms with Gasteiger partial charge in [-0.1, -0.05) is 29.2 Å². The second-order valence-electron chi connectivity index (χ2n) is 5.15. The number of aromatic nitrogens is 3. The van der Waals surface area contributed by atoms with E-state index < -0.39 is 5.92 Å². The van der Waals surface area contributed by atoms with E-state index in [1.54, 1.807) is 12.1 Å². The minimum atomic E-state index is -0.862. The van der Waals surface area contributed by atoms with Crippen molar-refractivity contribution in [1.82, 2.24) is 15.2 Å². The maximum atomic E-state index is 13.2. The van der Waals surface area contributed by atoms with Crippen LogP contribution in [0.5, 0.6) is 0 Å². The quantitative estimate of drug-likeness (QED) is 0.590. The maximum Gasteiger partial charge on any atom is 0.210 e. The highest BCUT2D eigenvalue weighted by Gasteiger charge is 2.23. The summed E-state index contributed by atoms with van der Waals surface area (Å²) >= 11 is 3.78. The minimum absolute atomic E-state index is 0.103. The van der Waals surface area contributed by atoms with Gasteiger partial charge in [0.15, 0.2) is 16.0 Å². The molecule has 0 aliphatic carbocycles. The molecule has 0 saturated carbocycles. The molecule has 0 aliphatic rings. The van der Waals surface area contributed by atoms with Crippen LogP contribution in [0.15, 0.2) is 34.0 Å². The molecule has 1 aromatic carbocycles. The Hall–Kier alpha value is -2.35. The summed E-state index contributed by atoms with van der Waals surface area (Å²) in [5.74, 6) is -1.33. The molecule has 0 saturated heterocycles. The molecule has 0 amide bonds. The highest BCUT2D eigenvalue weighted by atomic mass is 32.2. The Bertz CT molecular complexity index is 965. The number of nitrogens with zero attached hydrogens (tertiary/aromatic N) is 4. The lowest BCUT2D eigenvalue weighted by Crippen LogP contribution is -2.13. The molecular formula is C16H12FN5OS3. The van der Waals surface area contributed by atoms with E-state index in [1.165, 1.54) is 46.6 Å². The number of benzene rings is 1. The van der Waals surface area contributed by atoms with Gasteiger partial charge in [-0.25, -0.2) is 9.37 Å². The first-order valence-corrected chi connectivity index (χ1v) is 10.1. The number of hydrogen-bond acceptors (Lipinski definition) is 9. The normalized spacial score (nSPS) is 11.7. The van der Waals surface area contributed by atoms with Gasteiger partial charge in [-0.3, -0.25) is 4.79 Å². The number of anilines is 2. The highest BCUT2D eigenvalue weighted by molar-refractivity contribution is 8.01. The maximum absolute atomic E-state index is 13.2. The Labute approximate surface area is 161 Å². The number of aryl methyl sites for hydroxylation is 1. The summed E-state index contributed by atoms with van der Waals surface area (Å²) in [6.45, 7) is 1.82. The summed E-state index contributed by atoms with van der Waals surface area (Å²) < 4.78 is 13.8. The first-order valence-electron chi connectivity index (χ1n) is 7.38. The number of carbonyl (C=O) groups is 1. The van der Waals surface area contributed by atoms with Crippen molar-refractivity contribution in [2.45, 2.75) is 17.2 Å². The zero-order chi connectivity index (χ0) is 18.5. The number of nitrogens with one attached hydrogen (secondary N) is 1. The van der Waals surface area contributed by atoms with Gasteiger partial charge < -0.3 is 5.32 Å². The Balaban J connectivity index is 1.59. The van der Waals surface area contributed by atoms with E-state index in [4.69, 9.17) is 0 Å². The molecule has 3 rings (SSSR count). The van der Waals surface area contributed by atoms with Crippen molar-refractivity contribution in [3.63, 3.8) is 0 Å². The van der Waals surface area contributed by atoms with E-state index in [0.717, 1.165) is 5.69 Å². The van der Waals surface area contributed by atoms with Gasteiger partial charge in [0, 0.05) is 16.8 Å². The van der Waals surface area contributed by atoms with Gasteiger partial charge in [0.25, 0.3) is 0 Å². The largest absolute Gasteiger partial charge is 0.330 e. The van der Waals surface area contributed by atoms with E-state index in [2.05, 4.69) is 20.5 Å². The summed E-state index contributed by atoms with van der Waals surface area (Å²) in [6, 6.07) is 8.03. The molecule has 0 unspecified atom stereocenters. The van der Waals surface area contributed by atoms with Gasteiger partial charge >= 0.3 is 0 Å². The van der Waals surface area contributed by atoms with Crippen LogP contribution >= 0.6 is 34.4 Å². The Morgan fingerprint density at radius 1 is 1.46 bits per heavy atom. The zero-order valence-electron chi connectivity index (χ0n) is 13.5. The molecule has 0 aliphatic heterocycles. The number of halogens is 1. The fourth-order valence-corrected chi connectivity index (χ4v) is 4.53. The predicted molar refractivity (Wildman–Crippen MR) is 101 cm³/mol. The van der Waals surface area contributed by atoms with Crippen LogP contribution in [0.4, 0.5) is 15.2 Å². The molecule has 0 radical (unpaired) electrons. The summed E-state index contributed by atoms with van der Waals surface area (Å²) in [6.07, 6.45) is 0. The van der Waals surface area contributed by atoms with Gasteiger partial charge in [0.1, 0.15) is 10.8 Å². The third kappa shape index (κ3) is 4.63.